The van der Waals surface area contributed by atoms with E-state index in [4.69, 9.17) is 0 Å². The Kier molecular flexibility index (Phi) is 3.30. The van der Waals surface area contributed by atoms with Crippen LogP contribution >= 0.6 is 11.3 Å². The van der Waals surface area contributed by atoms with Crippen molar-refractivity contribution in [3.8, 4) is 0 Å². The number of aliphatic hydroxyl groups excluding tert-OH is 1. The summed E-state index contributed by atoms with van der Waals surface area (Å²) in [6.45, 7) is 0. The first-order valence-corrected chi connectivity index (χ1v) is 8.61. The van der Waals surface area contributed by atoms with Gasteiger partial charge in [0.05, 0.1) is 11.3 Å². The number of thiophene rings is 1. The van der Waals surface area contributed by atoms with E-state index in [2.05, 4.69) is 5.32 Å². The van der Waals surface area contributed by atoms with Crippen LogP contribution in [0.5, 0.6) is 0 Å². The molecule has 0 saturated heterocycles. The van der Waals surface area contributed by atoms with Gasteiger partial charge >= 0.3 is 0 Å². The second-order valence-electron chi connectivity index (χ2n) is 4.53. The van der Waals surface area contributed by atoms with Gasteiger partial charge in [-0.1, -0.05) is 18.2 Å². The second-order valence-corrected chi connectivity index (χ2v) is 7.63. The fraction of sp³-hybridized carbons (Fsp3) is 0.0714. The number of carbonyl (C=O) groups excluding carboxylic acids is 1. The monoisotopic (exact) mass is 321 g/mol. The molecule has 2 aromatic rings. The third kappa shape index (κ3) is 2.45. The number of hydrogen-bond acceptors (Lipinski definition) is 5. The van der Waals surface area contributed by atoms with Crippen molar-refractivity contribution in [1.82, 2.24) is 0 Å². The maximum atomic E-state index is 12.2. The summed E-state index contributed by atoms with van der Waals surface area (Å²) >= 11 is 1.04. The van der Waals surface area contributed by atoms with Gasteiger partial charge in [0.25, 0.3) is 5.91 Å². The summed E-state index contributed by atoms with van der Waals surface area (Å²) in [6, 6.07) is 10.2. The molecule has 2 N–H and O–H groups in total. The lowest BCUT2D eigenvalue weighted by atomic mass is 10.1. The molecular formula is C14H11NO4S2. The van der Waals surface area contributed by atoms with Gasteiger partial charge in [-0.15, -0.1) is 11.3 Å². The fourth-order valence-corrected chi connectivity index (χ4v) is 4.93. The molecule has 1 aliphatic heterocycles. The van der Waals surface area contributed by atoms with Crippen molar-refractivity contribution in [1.29, 1.82) is 0 Å². The van der Waals surface area contributed by atoms with Crippen LogP contribution in [0.4, 0.5) is 5.69 Å². The summed E-state index contributed by atoms with van der Waals surface area (Å²) < 4.78 is 24.4. The van der Waals surface area contributed by atoms with E-state index >= 15 is 0 Å². The highest BCUT2D eigenvalue weighted by molar-refractivity contribution is 7.93. The molecule has 2 heterocycles. The molecule has 5 nitrogen and oxygen atoms in total. The van der Waals surface area contributed by atoms with Gasteiger partial charge in [-0.05, 0) is 23.6 Å². The van der Waals surface area contributed by atoms with Crippen molar-refractivity contribution >= 4 is 38.5 Å². The Hall–Kier alpha value is -2.12. The molecule has 1 aromatic carbocycles. The van der Waals surface area contributed by atoms with E-state index in [0.29, 0.717) is 5.69 Å². The number of aliphatic hydroxyl groups is 1. The minimum absolute atomic E-state index is 0.108. The summed E-state index contributed by atoms with van der Waals surface area (Å²) in [5, 5.41) is 14.3. The molecule has 1 amide bonds. The zero-order valence-corrected chi connectivity index (χ0v) is 12.4. The van der Waals surface area contributed by atoms with E-state index in [1.807, 2.05) is 0 Å². The first kappa shape index (κ1) is 13.8. The Labute approximate surface area is 125 Å². The maximum absolute atomic E-state index is 12.2. The molecule has 0 bridgehead atoms. The topological polar surface area (TPSA) is 83.5 Å². The average molecular weight is 321 g/mol. The van der Waals surface area contributed by atoms with Crippen LogP contribution in [0, 0.1) is 0 Å². The molecule has 0 fully saturated rings. The number of sulfone groups is 1. The van der Waals surface area contributed by atoms with Crippen LogP contribution in [-0.2, 0) is 14.6 Å². The number of amides is 1. The minimum atomic E-state index is -3.58. The fourth-order valence-electron chi connectivity index (χ4n) is 2.10. The number of rotatable bonds is 2. The molecule has 0 radical (unpaired) electrons. The van der Waals surface area contributed by atoms with Crippen LogP contribution in [0.15, 0.2) is 51.6 Å². The molecule has 1 aromatic heterocycles. The van der Waals surface area contributed by atoms with E-state index in [1.54, 1.807) is 35.7 Å². The van der Waals surface area contributed by atoms with Gasteiger partial charge in [0.15, 0.2) is 9.84 Å². The van der Waals surface area contributed by atoms with Gasteiger partial charge in [-0.2, -0.15) is 0 Å². The Balaban J connectivity index is 1.99. The van der Waals surface area contributed by atoms with Gasteiger partial charge in [-0.25, -0.2) is 8.42 Å². The molecule has 1 aliphatic rings. The Bertz CT molecular complexity index is 835. The van der Waals surface area contributed by atoms with E-state index in [-0.39, 0.29) is 21.1 Å². The van der Waals surface area contributed by atoms with Gasteiger partial charge in [0.2, 0.25) is 0 Å². The SMILES string of the molecule is O=C(Nc1ccccc1)C1=C(O)c2ccsc2S(=O)(=O)C1. The average Bonchev–Trinajstić information content (AvgIpc) is 2.95. The van der Waals surface area contributed by atoms with Crippen LogP contribution in [0.25, 0.3) is 5.76 Å². The molecule has 0 saturated carbocycles. The normalized spacial score (nSPS) is 16.4. The van der Waals surface area contributed by atoms with E-state index in [9.17, 15) is 18.3 Å². The Morgan fingerprint density at radius 2 is 1.90 bits per heavy atom. The third-order valence-electron chi connectivity index (χ3n) is 3.09. The number of anilines is 1. The molecular weight excluding hydrogens is 310 g/mol. The number of fused-ring (bicyclic) bond motifs is 1. The summed E-state index contributed by atoms with van der Waals surface area (Å²) in [5.74, 6) is -1.38. The van der Waals surface area contributed by atoms with Gasteiger partial charge < -0.3 is 10.4 Å². The van der Waals surface area contributed by atoms with Crippen LogP contribution in [0.2, 0.25) is 0 Å². The van der Waals surface area contributed by atoms with Crippen LogP contribution in [0.3, 0.4) is 0 Å². The maximum Gasteiger partial charge on any atom is 0.256 e. The standard InChI is InChI=1S/C14H11NO4S2/c16-12-10-6-7-20-14(10)21(18,19)8-11(12)13(17)15-9-4-2-1-3-5-9/h1-7,16H,8H2,(H,15,17). The Morgan fingerprint density at radius 1 is 1.19 bits per heavy atom. The molecule has 108 valence electrons. The minimum Gasteiger partial charge on any atom is -0.507 e. The number of hydrogen-bond donors (Lipinski definition) is 2. The van der Waals surface area contributed by atoms with Crippen molar-refractivity contribution in [3.63, 3.8) is 0 Å². The number of carbonyl (C=O) groups is 1. The Morgan fingerprint density at radius 3 is 2.62 bits per heavy atom. The summed E-state index contributed by atoms with van der Waals surface area (Å²) in [5.41, 5.74) is 0.602. The second kappa shape index (κ2) is 5.01. The van der Waals surface area contributed by atoms with Crippen LogP contribution in [0.1, 0.15) is 5.56 Å². The van der Waals surface area contributed by atoms with E-state index in [1.165, 1.54) is 6.07 Å². The van der Waals surface area contributed by atoms with E-state index < -0.39 is 21.5 Å². The molecule has 0 unspecified atom stereocenters. The number of para-hydroxylation sites is 1. The molecule has 0 spiro atoms. The van der Waals surface area contributed by atoms with Gasteiger partial charge in [0, 0.05) is 11.3 Å². The first-order chi connectivity index (χ1) is 9.99. The lowest BCUT2D eigenvalue weighted by Crippen LogP contribution is -2.25. The molecule has 21 heavy (non-hydrogen) atoms. The van der Waals surface area contributed by atoms with Crippen molar-refractivity contribution in [2.45, 2.75) is 4.21 Å². The lowest BCUT2D eigenvalue weighted by Gasteiger charge is -2.16. The number of nitrogens with one attached hydrogen (secondary N) is 1. The molecule has 0 aliphatic carbocycles. The number of benzene rings is 1. The predicted octanol–water partition coefficient (Wildman–Crippen LogP) is 2.44. The largest absolute Gasteiger partial charge is 0.507 e. The predicted molar refractivity (Wildman–Crippen MR) is 81.0 cm³/mol. The molecule has 0 atom stereocenters. The zero-order chi connectivity index (χ0) is 15.0. The van der Waals surface area contributed by atoms with Gasteiger partial charge in [-0.3, -0.25) is 4.79 Å². The summed E-state index contributed by atoms with van der Waals surface area (Å²) in [7, 11) is -3.58. The highest BCUT2D eigenvalue weighted by Crippen LogP contribution is 2.35. The van der Waals surface area contributed by atoms with Crippen molar-refractivity contribution in [2.24, 2.45) is 0 Å². The van der Waals surface area contributed by atoms with Crippen molar-refractivity contribution in [3.05, 3.63) is 52.9 Å². The molecule has 7 heteroatoms. The highest BCUT2D eigenvalue weighted by Gasteiger charge is 2.34. The van der Waals surface area contributed by atoms with Crippen molar-refractivity contribution < 1.29 is 18.3 Å². The quantitative estimate of drug-likeness (QED) is 0.890. The van der Waals surface area contributed by atoms with Crippen LogP contribution < -0.4 is 5.32 Å². The lowest BCUT2D eigenvalue weighted by molar-refractivity contribution is -0.112. The van der Waals surface area contributed by atoms with Crippen molar-refractivity contribution in [2.75, 3.05) is 11.1 Å². The van der Waals surface area contributed by atoms with Gasteiger partial charge in [0.1, 0.15) is 9.97 Å². The summed E-state index contributed by atoms with van der Waals surface area (Å²) in [6.07, 6.45) is 0. The smallest absolute Gasteiger partial charge is 0.256 e. The highest BCUT2D eigenvalue weighted by atomic mass is 32.2. The van der Waals surface area contributed by atoms with E-state index in [0.717, 1.165) is 11.3 Å². The zero-order valence-electron chi connectivity index (χ0n) is 10.7. The van der Waals surface area contributed by atoms with Crippen LogP contribution in [-0.4, -0.2) is 25.2 Å². The summed E-state index contributed by atoms with van der Waals surface area (Å²) in [4.78, 5) is 12.2. The first-order valence-electron chi connectivity index (χ1n) is 6.08. The third-order valence-corrected chi connectivity index (χ3v) is 6.30. The molecule has 3 rings (SSSR count).